The lowest BCUT2D eigenvalue weighted by atomic mass is 9.82. The van der Waals surface area contributed by atoms with E-state index in [0.717, 1.165) is 37.2 Å². The summed E-state index contributed by atoms with van der Waals surface area (Å²) in [6.07, 6.45) is 2.80. The van der Waals surface area contributed by atoms with Gasteiger partial charge in [0.15, 0.2) is 0 Å². The zero-order valence-electron chi connectivity index (χ0n) is 16.1. The monoisotopic (exact) mass is 402 g/mol. The molecule has 7 heteroatoms. The Kier molecular flexibility index (Phi) is 5.25. The Hall–Kier alpha value is -2.18. The van der Waals surface area contributed by atoms with Gasteiger partial charge in [-0.2, -0.15) is 0 Å². The van der Waals surface area contributed by atoms with E-state index in [4.69, 9.17) is 16.3 Å². The molecule has 2 unspecified atom stereocenters. The number of likely N-dealkylation sites (tertiary alicyclic amines) is 1. The van der Waals surface area contributed by atoms with Gasteiger partial charge in [-0.1, -0.05) is 31.5 Å². The molecule has 1 N–H and O–H groups in total. The molecule has 4 rings (SSSR count). The lowest BCUT2D eigenvalue weighted by molar-refractivity contribution is -0.0366. The molecule has 28 heavy (non-hydrogen) atoms. The maximum atomic E-state index is 13.4. The molecule has 1 fully saturated rings. The first-order chi connectivity index (χ1) is 13.5. The Bertz CT molecular complexity index is 906. The first-order valence-electron chi connectivity index (χ1n) is 9.63. The number of aliphatic imine (C=N–C) groups is 1. The van der Waals surface area contributed by atoms with E-state index in [1.165, 1.54) is 6.07 Å². The highest BCUT2D eigenvalue weighted by Crippen LogP contribution is 2.35. The third-order valence-electron chi connectivity index (χ3n) is 5.75. The molecule has 2 aromatic rings. The third kappa shape index (κ3) is 3.71. The highest BCUT2D eigenvalue weighted by atomic mass is 35.5. The number of hydrogen-bond donors (Lipinski definition) is 1. The van der Waals surface area contributed by atoms with Crippen molar-refractivity contribution in [3.63, 3.8) is 0 Å². The van der Waals surface area contributed by atoms with Crippen molar-refractivity contribution in [3.8, 4) is 11.1 Å². The first kappa shape index (κ1) is 19.2. The number of hydrogen-bond acceptors (Lipinski definition) is 5. The molecule has 148 valence electrons. The van der Waals surface area contributed by atoms with Crippen LogP contribution in [0.25, 0.3) is 11.1 Å². The number of amidine groups is 1. The van der Waals surface area contributed by atoms with E-state index < -0.39 is 5.82 Å². The number of likely N-dealkylation sites (N-methyl/N-ethyl adjacent to an activating group) is 1. The highest BCUT2D eigenvalue weighted by molar-refractivity contribution is 6.31. The lowest BCUT2D eigenvalue weighted by Gasteiger charge is -2.43. The zero-order valence-corrected chi connectivity index (χ0v) is 16.8. The third-order valence-corrected chi connectivity index (χ3v) is 6.04. The minimum atomic E-state index is -0.431. The maximum Gasteiger partial charge on any atom is 0.291 e. The summed E-state index contributed by atoms with van der Waals surface area (Å²) in [5, 5.41) is 3.29. The molecule has 2 aliphatic heterocycles. The van der Waals surface area contributed by atoms with Gasteiger partial charge in [-0.3, -0.25) is 10.2 Å². The summed E-state index contributed by atoms with van der Waals surface area (Å²) in [6, 6.07) is 8.91. The molecule has 1 aromatic carbocycles. The van der Waals surface area contributed by atoms with Gasteiger partial charge in [-0.15, -0.1) is 0 Å². The van der Waals surface area contributed by atoms with E-state index in [9.17, 15) is 4.39 Å². The van der Waals surface area contributed by atoms with Crippen molar-refractivity contribution in [3.05, 3.63) is 47.4 Å². The summed E-state index contributed by atoms with van der Waals surface area (Å²) in [7, 11) is 0. The molecule has 2 atom stereocenters. The maximum absolute atomic E-state index is 13.4. The molecule has 0 radical (unpaired) electrons. The van der Waals surface area contributed by atoms with Crippen molar-refractivity contribution in [2.45, 2.75) is 25.9 Å². The van der Waals surface area contributed by atoms with Gasteiger partial charge >= 0.3 is 0 Å². The fourth-order valence-corrected chi connectivity index (χ4v) is 4.03. The highest BCUT2D eigenvalue weighted by Gasteiger charge is 2.46. The number of benzene rings is 1. The predicted octanol–water partition coefficient (Wildman–Crippen LogP) is 4.44. The van der Waals surface area contributed by atoms with Crippen molar-refractivity contribution in [1.29, 1.82) is 0 Å². The van der Waals surface area contributed by atoms with Crippen molar-refractivity contribution in [1.82, 2.24) is 9.88 Å². The minimum Gasteiger partial charge on any atom is -0.455 e. The summed E-state index contributed by atoms with van der Waals surface area (Å²) in [5.41, 5.74) is 1.44. The molecular weight excluding hydrogens is 379 g/mol. The van der Waals surface area contributed by atoms with Gasteiger partial charge in [0, 0.05) is 18.7 Å². The Morgan fingerprint density at radius 1 is 1.32 bits per heavy atom. The number of anilines is 1. The van der Waals surface area contributed by atoms with E-state index in [-0.39, 0.29) is 10.6 Å². The number of pyridine rings is 1. The van der Waals surface area contributed by atoms with Crippen LogP contribution in [-0.2, 0) is 4.74 Å². The zero-order chi connectivity index (χ0) is 19.7. The van der Waals surface area contributed by atoms with Crippen LogP contribution in [0.15, 0.2) is 41.5 Å². The molecule has 1 spiro atoms. The second-order valence-corrected chi connectivity index (χ2v) is 7.94. The van der Waals surface area contributed by atoms with Crippen LogP contribution in [0.3, 0.4) is 0 Å². The second kappa shape index (κ2) is 7.68. The van der Waals surface area contributed by atoms with E-state index in [2.05, 4.69) is 34.0 Å². The van der Waals surface area contributed by atoms with Crippen LogP contribution < -0.4 is 5.32 Å². The van der Waals surface area contributed by atoms with Gasteiger partial charge in [0.1, 0.15) is 17.2 Å². The van der Waals surface area contributed by atoms with E-state index >= 15 is 0 Å². The molecule has 0 bridgehead atoms. The molecule has 1 aromatic heterocycles. The summed E-state index contributed by atoms with van der Waals surface area (Å²) in [5.74, 6) is 0.642. The summed E-state index contributed by atoms with van der Waals surface area (Å²) >= 11 is 5.91. The Morgan fingerprint density at radius 2 is 2.14 bits per heavy atom. The Balaban J connectivity index is 1.49. The van der Waals surface area contributed by atoms with Gasteiger partial charge in [0.05, 0.1) is 11.6 Å². The largest absolute Gasteiger partial charge is 0.455 e. The van der Waals surface area contributed by atoms with Gasteiger partial charge in [-0.25, -0.2) is 14.4 Å². The van der Waals surface area contributed by atoms with E-state index in [0.29, 0.717) is 24.3 Å². The molecule has 0 aliphatic carbocycles. The van der Waals surface area contributed by atoms with Crippen LogP contribution >= 0.6 is 11.6 Å². The van der Waals surface area contributed by atoms with Crippen LogP contribution in [0.2, 0.25) is 5.02 Å². The molecule has 0 saturated carbocycles. The van der Waals surface area contributed by atoms with Gasteiger partial charge in [0.25, 0.3) is 6.02 Å². The number of halogens is 2. The number of piperidine rings is 1. The average molecular weight is 403 g/mol. The van der Waals surface area contributed by atoms with Gasteiger partial charge in [0.2, 0.25) is 0 Å². The SMILES string of the molecule is CCN1CCC(C)C2(CN=C(Nc3cc(-c4ccc(F)c(Cl)c4)ccn3)O2)C1. The number of rotatable bonds is 3. The molecule has 3 heterocycles. The number of nitrogens with zero attached hydrogens (tertiary/aromatic N) is 3. The van der Waals surface area contributed by atoms with Crippen LogP contribution in [0.1, 0.15) is 20.3 Å². The molecule has 0 amide bonds. The van der Waals surface area contributed by atoms with Crippen molar-refractivity contribution < 1.29 is 9.13 Å². The average Bonchev–Trinajstić information content (AvgIpc) is 3.09. The Morgan fingerprint density at radius 3 is 2.93 bits per heavy atom. The second-order valence-electron chi connectivity index (χ2n) is 7.53. The molecule has 2 aliphatic rings. The Labute approximate surface area is 169 Å². The van der Waals surface area contributed by atoms with E-state index in [1.807, 2.05) is 12.1 Å². The normalized spacial score (nSPS) is 24.9. The van der Waals surface area contributed by atoms with Crippen LogP contribution in [0, 0.1) is 11.7 Å². The van der Waals surface area contributed by atoms with Crippen molar-refractivity contribution in [2.75, 3.05) is 31.5 Å². The summed E-state index contributed by atoms with van der Waals surface area (Å²) in [6.45, 7) is 8.08. The van der Waals surface area contributed by atoms with Crippen molar-refractivity contribution in [2.24, 2.45) is 10.9 Å². The molecule has 1 saturated heterocycles. The van der Waals surface area contributed by atoms with Crippen LogP contribution in [-0.4, -0.2) is 47.7 Å². The number of ether oxygens (including phenoxy) is 1. The minimum absolute atomic E-state index is 0.0982. The van der Waals surface area contributed by atoms with E-state index in [1.54, 1.807) is 18.3 Å². The predicted molar refractivity (Wildman–Crippen MR) is 110 cm³/mol. The standard InChI is InChI=1S/C21H24ClFN4O/c1-3-27-9-7-14(2)21(13-27)12-25-20(28-21)26-19-11-16(6-8-24-19)15-4-5-18(23)17(22)10-15/h4-6,8,10-11,14H,3,7,9,12-13H2,1-2H3,(H,24,25,26). The van der Waals surface area contributed by atoms with Crippen LogP contribution in [0.4, 0.5) is 10.2 Å². The van der Waals surface area contributed by atoms with Crippen molar-refractivity contribution >= 4 is 23.4 Å². The molecule has 5 nitrogen and oxygen atoms in total. The van der Waals surface area contributed by atoms with Gasteiger partial charge in [-0.05, 0) is 54.9 Å². The molecular formula is C21H24ClFN4O. The first-order valence-corrected chi connectivity index (χ1v) is 10.0. The van der Waals surface area contributed by atoms with Gasteiger partial charge < -0.3 is 4.74 Å². The topological polar surface area (TPSA) is 49.8 Å². The quantitative estimate of drug-likeness (QED) is 0.824. The smallest absolute Gasteiger partial charge is 0.291 e. The van der Waals surface area contributed by atoms with Crippen LogP contribution in [0.5, 0.6) is 0 Å². The fraction of sp³-hybridized carbons (Fsp3) is 0.429. The number of aromatic nitrogens is 1. The summed E-state index contributed by atoms with van der Waals surface area (Å²) in [4.78, 5) is 11.4. The lowest BCUT2D eigenvalue weighted by Crippen LogP contribution is -2.55. The fourth-order valence-electron chi connectivity index (χ4n) is 3.85. The summed E-state index contributed by atoms with van der Waals surface area (Å²) < 4.78 is 19.7. The number of nitrogens with one attached hydrogen (secondary N) is 1.